The number of sulfonamides is 1. The molecular formula is C7H15NO3S. The van der Waals surface area contributed by atoms with Gasteiger partial charge in [0.2, 0.25) is 10.0 Å². The molecule has 0 spiro atoms. The molecule has 1 saturated carbocycles. The van der Waals surface area contributed by atoms with Crippen LogP contribution in [0.25, 0.3) is 0 Å². The van der Waals surface area contributed by atoms with Gasteiger partial charge in [-0.05, 0) is 25.7 Å². The van der Waals surface area contributed by atoms with E-state index in [1.165, 1.54) is 0 Å². The van der Waals surface area contributed by atoms with Crippen LogP contribution in [-0.2, 0) is 10.0 Å². The summed E-state index contributed by atoms with van der Waals surface area (Å²) in [6.45, 7) is 0.0684. The highest BCUT2D eigenvalue weighted by Crippen LogP contribution is 2.19. The lowest BCUT2D eigenvalue weighted by Crippen LogP contribution is -2.28. The number of aliphatic hydroxyl groups excluding tert-OH is 1. The highest BCUT2D eigenvalue weighted by Gasteiger charge is 2.26. The van der Waals surface area contributed by atoms with Crippen molar-refractivity contribution in [3.8, 4) is 0 Å². The van der Waals surface area contributed by atoms with Gasteiger partial charge in [-0.1, -0.05) is 0 Å². The van der Waals surface area contributed by atoms with E-state index < -0.39 is 10.0 Å². The fourth-order valence-corrected chi connectivity index (χ4v) is 2.36. The van der Waals surface area contributed by atoms with Crippen LogP contribution in [0.1, 0.15) is 25.7 Å². The Morgan fingerprint density at radius 2 is 2.00 bits per heavy atom. The molecule has 0 unspecified atom stereocenters. The molecule has 0 atom stereocenters. The molecule has 1 rings (SSSR count). The average molecular weight is 193 g/mol. The van der Waals surface area contributed by atoms with Crippen molar-refractivity contribution in [3.63, 3.8) is 0 Å². The van der Waals surface area contributed by atoms with Crippen LogP contribution in [0.5, 0.6) is 0 Å². The van der Waals surface area contributed by atoms with Crippen molar-refractivity contribution < 1.29 is 13.5 Å². The Labute approximate surface area is 73.0 Å². The van der Waals surface area contributed by atoms with Crippen LogP contribution >= 0.6 is 0 Å². The van der Waals surface area contributed by atoms with Gasteiger partial charge in [-0.15, -0.1) is 0 Å². The van der Waals surface area contributed by atoms with Crippen molar-refractivity contribution in [1.29, 1.82) is 0 Å². The van der Waals surface area contributed by atoms with Crippen molar-refractivity contribution >= 4 is 10.0 Å². The van der Waals surface area contributed by atoms with E-state index in [2.05, 4.69) is 4.72 Å². The number of hydrogen-bond acceptors (Lipinski definition) is 3. The Morgan fingerprint density at radius 3 is 2.50 bits per heavy atom. The number of unbranched alkanes of at least 4 members (excludes halogenated alkanes) is 1. The van der Waals surface area contributed by atoms with Gasteiger partial charge in [0.05, 0.1) is 5.75 Å². The first-order chi connectivity index (χ1) is 5.64. The molecule has 0 heterocycles. The number of aliphatic hydroxyl groups is 1. The normalized spacial score (nSPS) is 18.1. The van der Waals surface area contributed by atoms with Crippen LogP contribution < -0.4 is 4.72 Å². The van der Waals surface area contributed by atoms with Crippen molar-refractivity contribution in [2.24, 2.45) is 0 Å². The van der Waals surface area contributed by atoms with Gasteiger partial charge >= 0.3 is 0 Å². The zero-order valence-corrected chi connectivity index (χ0v) is 7.81. The Kier molecular flexibility index (Phi) is 3.49. The maximum absolute atomic E-state index is 11.2. The quantitative estimate of drug-likeness (QED) is 0.576. The Balaban J connectivity index is 2.17. The summed E-state index contributed by atoms with van der Waals surface area (Å²) >= 11 is 0. The van der Waals surface area contributed by atoms with E-state index in [9.17, 15) is 8.42 Å². The lowest BCUT2D eigenvalue weighted by Gasteiger charge is -2.03. The SMILES string of the molecule is O=S(=O)(CCCCO)NC1CC1. The predicted molar refractivity (Wildman–Crippen MR) is 46.3 cm³/mol. The molecule has 0 amide bonds. The zero-order valence-electron chi connectivity index (χ0n) is 6.99. The van der Waals surface area contributed by atoms with Gasteiger partial charge in [0.1, 0.15) is 0 Å². The molecule has 4 nitrogen and oxygen atoms in total. The fraction of sp³-hybridized carbons (Fsp3) is 1.00. The molecule has 1 aliphatic carbocycles. The molecule has 5 heteroatoms. The molecule has 0 saturated heterocycles. The van der Waals surface area contributed by atoms with E-state index in [4.69, 9.17) is 5.11 Å². The maximum atomic E-state index is 11.2. The summed E-state index contributed by atoms with van der Waals surface area (Å²) in [6, 6.07) is 0.198. The zero-order chi connectivity index (χ0) is 9.03. The number of nitrogens with one attached hydrogen (secondary N) is 1. The first-order valence-electron chi connectivity index (χ1n) is 4.25. The maximum Gasteiger partial charge on any atom is 0.211 e. The molecule has 0 aromatic rings. The molecule has 0 aromatic heterocycles. The molecule has 1 aliphatic rings. The first-order valence-corrected chi connectivity index (χ1v) is 5.90. The lowest BCUT2D eigenvalue weighted by molar-refractivity contribution is 0.287. The van der Waals surface area contributed by atoms with E-state index in [1.807, 2.05) is 0 Å². The Morgan fingerprint density at radius 1 is 1.33 bits per heavy atom. The summed E-state index contributed by atoms with van der Waals surface area (Å²) in [7, 11) is -3.05. The average Bonchev–Trinajstić information content (AvgIpc) is 2.71. The summed E-state index contributed by atoms with van der Waals surface area (Å²) in [6.07, 6.45) is 3.04. The monoisotopic (exact) mass is 193 g/mol. The molecule has 0 aromatic carbocycles. The second-order valence-electron chi connectivity index (χ2n) is 3.14. The minimum Gasteiger partial charge on any atom is -0.396 e. The molecule has 2 N–H and O–H groups in total. The molecule has 12 heavy (non-hydrogen) atoms. The van der Waals surface area contributed by atoms with E-state index in [0.717, 1.165) is 12.8 Å². The molecule has 0 aliphatic heterocycles. The molecule has 0 bridgehead atoms. The topological polar surface area (TPSA) is 66.4 Å². The van der Waals surface area contributed by atoms with Crippen molar-refractivity contribution in [2.75, 3.05) is 12.4 Å². The van der Waals surface area contributed by atoms with Crippen LogP contribution in [0.3, 0.4) is 0 Å². The van der Waals surface area contributed by atoms with Crippen LogP contribution in [-0.4, -0.2) is 31.9 Å². The van der Waals surface area contributed by atoms with Gasteiger partial charge in [-0.2, -0.15) is 0 Å². The van der Waals surface area contributed by atoms with Gasteiger partial charge in [-0.3, -0.25) is 0 Å². The summed E-state index contributed by atoms with van der Waals surface area (Å²) < 4.78 is 24.9. The van der Waals surface area contributed by atoms with E-state index >= 15 is 0 Å². The van der Waals surface area contributed by atoms with Crippen molar-refractivity contribution in [2.45, 2.75) is 31.7 Å². The summed E-state index contributed by atoms with van der Waals surface area (Å²) in [4.78, 5) is 0. The van der Waals surface area contributed by atoms with Crippen LogP contribution in [0.2, 0.25) is 0 Å². The van der Waals surface area contributed by atoms with E-state index in [1.54, 1.807) is 0 Å². The second kappa shape index (κ2) is 4.20. The molecule has 72 valence electrons. The van der Waals surface area contributed by atoms with E-state index in [-0.39, 0.29) is 18.4 Å². The van der Waals surface area contributed by atoms with Crippen molar-refractivity contribution in [1.82, 2.24) is 4.72 Å². The van der Waals surface area contributed by atoms with Gasteiger partial charge in [0, 0.05) is 12.6 Å². The lowest BCUT2D eigenvalue weighted by atomic mass is 10.4. The second-order valence-corrected chi connectivity index (χ2v) is 5.02. The molecule has 1 fully saturated rings. The predicted octanol–water partition coefficient (Wildman–Crippen LogP) is -0.159. The van der Waals surface area contributed by atoms with E-state index in [0.29, 0.717) is 12.8 Å². The van der Waals surface area contributed by atoms with Crippen LogP contribution in [0.15, 0.2) is 0 Å². The van der Waals surface area contributed by atoms with Crippen LogP contribution in [0, 0.1) is 0 Å². The third-order valence-electron chi connectivity index (χ3n) is 1.74. The van der Waals surface area contributed by atoms with Gasteiger partial charge < -0.3 is 5.11 Å². The number of hydrogen-bond donors (Lipinski definition) is 2. The van der Waals surface area contributed by atoms with Gasteiger partial charge in [0.15, 0.2) is 0 Å². The minimum absolute atomic E-state index is 0.0684. The Bertz CT molecular complexity index is 221. The highest BCUT2D eigenvalue weighted by molar-refractivity contribution is 7.89. The third kappa shape index (κ3) is 4.04. The first kappa shape index (κ1) is 9.95. The summed E-state index contributed by atoms with van der Waals surface area (Å²) in [5.74, 6) is 0.143. The summed E-state index contributed by atoms with van der Waals surface area (Å²) in [5.41, 5.74) is 0. The van der Waals surface area contributed by atoms with Crippen LogP contribution in [0.4, 0.5) is 0 Å². The number of rotatable bonds is 6. The third-order valence-corrected chi connectivity index (χ3v) is 3.26. The largest absolute Gasteiger partial charge is 0.396 e. The standard InChI is InChI=1S/C7H15NO3S/c9-5-1-2-6-12(10,11)8-7-3-4-7/h7-9H,1-6H2. The Hall–Kier alpha value is -0.130. The molecule has 0 radical (unpaired) electrons. The van der Waals surface area contributed by atoms with Gasteiger partial charge in [-0.25, -0.2) is 13.1 Å². The van der Waals surface area contributed by atoms with Crippen molar-refractivity contribution in [3.05, 3.63) is 0 Å². The minimum atomic E-state index is -3.05. The smallest absolute Gasteiger partial charge is 0.211 e. The fourth-order valence-electron chi connectivity index (χ4n) is 0.918. The molecular weight excluding hydrogens is 178 g/mol. The summed E-state index contributed by atoms with van der Waals surface area (Å²) in [5, 5.41) is 8.44. The van der Waals surface area contributed by atoms with Gasteiger partial charge in [0.25, 0.3) is 0 Å². The highest BCUT2D eigenvalue weighted by atomic mass is 32.2.